The van der Waals surface area contributed by atoms with Crippen molar-refractivity contribution in [1.29, 1.82) is 0 Å². The number of benzene rings is 1. The Labute approximate surface area is 161 Å². The second-order valence-corrected chi connectivity index (χ2v) is 7.74. The summed E-state index contributed by atoms with van der Waals surface area (Å²) in [6, 6.07) is 10.1. The van der Waals surface area contributed by atoms with Crippen LogP contribution in [0.25, 0.3) is 0 Å². The van der Waals surface area contributed by atoms with E-state index in [-0.39, 0.29) is 5.92 Å². The highest BCUT2D eigenvalue weighted by molar-refractivity contribution is 5.70. The van der Waals surface area contributed by atoms with Crippen LogP contribution in [0.3, 0.4) is 0 Å². The smallest absolute Gasteiger partial charge is 0.307 e. The molecule has 1 N–H and O–H groups in total. The fourth-order valence-electron chi connectivity index (χ4n) is 4.02. The molecule has 0 radical (unpaired) electrons. The van der Waals surface area contributed by atoms with Crippen molar-refractivity contribution in [3.8, 4) is 5.75 Å². The molecule has 1 aromatic carbocycles. The van der Waals surface area contributed by atoms with Gasteiger partial charge in [0.25, 0.3) is 0 Å². The van der Waals surface area contributed by atoms with Crippen LogP contribution in [0, 0.1) is 25.7 Å². The Morgan fingerprint density at radius 2 is 2.00 bits per heavy atom. The van der Waals surface area contributed by atoms with Crippen LogP contribution in [0.1, 0.15) is 35.7 Å². The normalized spacial score (nSPS) is 20.4. The lowest BCUT2D eigenvalue weighted by Gasteiger charge is -2.34. The molecule has 0 aliphatic carbocycles. The Bertz CT molecular complexity index is 768. The number of aliphatic carboxylic acids is 1. The lowest BCUT2D eigenvalue weighted by molar-refractivity contribution is -0.144. The number of aromatic nitrogens is 1. The highest BCUT2D eigenvalue weighted by Crippen LogP contribution is 2.28. The van der Waals surface area contributed by atoms with Gasteiger partial charge in [0.1, 0.15) is 12.4 Å². The first-order valence-electron chi connectivity index (χ1n) is 9.50. The van der Waals surface area contributed by atoms with Crippen molar-refractivity contribution in [2.24, 2.45) is 11.8 Å². The van der Waals surface area contributed by atoms with Gasteiger partial charge in [-0.3, -0.25) is 14.7 Å². The molecular weight excluding hydrogens is 340 g/mol. The fraction of sp³-hybridized carbons (Fsp3) is 0.455. The Balaban J connectivity index is 1.68. The molecule has 1 fully saturated rings. The SMILES string of the molecule is Cc1cc(CN2CC(C)CC(C(=O)O)C2)cc(C)c1OCc1ccccn1. The number of pyridine rings is 1. The molecule has 0 spiro atoms. The number of hydrogen-bond acceptors (Lipinski definition) is 4. The Morgan fingerprint density at radius 1 is 1.26 bits per heavy atom. The van der Waals surface area contributed by atoms with Gasteiger partial charge < -0.3 is 9.84 Å². The summed E-state index contributed by atoms with van der Waals surface area (Å²) in [6.07, 6.45) is 2.54. The van der Waals surface area contributed by atoms with Gasteiger partial charge in [-0.25, -0.2) is 0 Å². The molecule has 1 aliphatic heterocycles. The standard InChI is InChI=1S/C22H28N2O3/c1-15-8-19(22(25)26)13-24(11-15)12-18-9-16(2)21(17(3)10-18)27-14-20-6-4-5-7-23-20/h4-7,9-10,15,19H,8,11-14H2,1-3H3,(H,25,26). The summed E-state index contributed by atoms with van der Waals surface area (Å²) >= 11 is 0. The van der Waals surface area contributed by atoms with Gasteiger partial charge in [0.05, 0.1) is 11.6 Å². The van der Waals surface area contributed by atoms with Crippen molar-refractivity contribution in [1.82, 2.24) is 9.88 Å². The second-order valence-electron chi connectivity index (χ2n) is 7.74. The summed E-state index contributed by atoms with van der Waals surface area (Å²) in [5.74, 6) is 0.358. The number of likely N-dealkylation sites (tertiary alicyclic amines) is 1. The van der Waals surface area contributed by atoms with E-state index < -0.39 is 5.97 Å². The third-order valence-corrected chi connectivity index (χ3v) is 5.10. The number of carboxylic acid groups (broad SMARTS) is 1. The highest BCUT2D eigenvalue weighted by atomic mass is 16.5. The number of piperidine rings is 1. The van der Waals surface area contributed by atoms with E-state index >= 15 is 0 Å². The number of aryl methyl sites for hydroxylation is 2. The minimum absolute atomic E-state index is 0.267. The molecule has 1 aliphatic rings. The first kappa shape index (κ1) is 19.4. The Morgan fingerprint density at radius 3 is 2.63 bits per heavy atom. The summed E-state index contributed by atoms with van der Waals surface area (Å²) in [5.41, 5.74) is 4.30. The molecular formula is C22H28N2O3. The molecule has 2 heterocycles. The van der Waals surface area contributed by atoms with Crippen LogP contribution in [0.5, 0.6) is 5.75 Å². The summed E-state index contributed by atoms with van der Waals surface area (Å²) in [7, 11) is 0. The molecule has 5 heteroatoms. The van der Waals surface area contributed by atoms with Crippen LogP contribution in [-0.2, 0) is 17.9 Å². The van der Waals surface area contributed by atoms with E-state index in [4.69, 9.17) is 4.74 Å². The van der Waals surface area contributed by atoms with Crippen molar-refractivity contribution < 1.29 is 14.6 Å². The quantitative estimate of drug-likeness (QED) is 0.840. The van der Waals surface area contributed by atoms with E-state index in [2.05, 4.69) is 42.8 Å². The van der Waals surface area contributed by atoms with Crippen LogP contribution in [-0.4, -0.2) is 34.0 Å². The molecule has 144 valence electrons. The number of hydrogen-bond donors (Lipinski definition) is 1. The molecule has 1 saturated heterocycles. The first-order chi connectivity index (χ1) is 12.9. The van der Waals surface area contributed by atoms with E-state index in [0.29, 0.717) is 19.1 Å². The number of carbonyl (C=O) groups is 1. The Kier molecular flexibility index (Phi) is 6.11. The molecule has 27 heavy (non-hydrogen) atoms. The third-order valence-electron chi connectivity index (χ3n) is 5.10. The zero-order valence-electron chi connectivity index (χ0n) is 16.3. The van der Waals surface area contributed by atoms with Gasteiger partial charge in [0.15, 0.2) is 0 Å². The number of rotatable bonds is 6. The molecule has 0 bridgehead atoms. The van der Waals surface area contributed by atoms with Crippen molar-refractivity contribution in [3.63, 3.8) is 0 Å². The van der Waals surface area contributed by atoms with Gasteiger partial charge in [-0.15, -0.1) is 0 Å². The largest absolute Gasteiger partial charge is 0.487 e. The number of carboxylic acids is 1. The Hall–Kier alpha value is -2.40. The molecule has 2 unspecified atom stereocenters. The van der Waals surface area contributed by atoms with Gasteiger partial charge in [-0.1, -0.05) is 25.1 Å². The highest BCUT2D eigenvalue weighted by Gasteiger charge is 2.29. The van der Waals surface area contributed by atoms with Gasteiger partial charge >= 0.3 is 5.97 Å². The van der Waals surface area contributed by atoms with Crippen molar-refractivity contribution in [2.75, 3.05) is 13.1 Å². The molecule has 3 rings (SSSR count). The summed E-state index contributed by atoms with van der Waals surface area (Å²) in [5, 5.41) is 9.37. The second kappa shape index (κ2) is 8.53. The minimum Gasteiger partial charge on any atom is -0.487 e. The van der Waals surface area contributed by atoms with E-state index in [1.165, 1.54) is 5.56 Å². The van der Waals surface area contributed by atoms with Crippen LogP contribution in [0.15, 0.2) is 36.5 Å². The van der Waals surface area contributed by atoms with E-state index in [9.17, 15) is 9.90 Å². The summed E-state index contributed by atoms with van der Waals surface area (Å²) in [4.78, 5) is 17.9. The molecule has 5 nitrogen and oxygen atoms in total. The number of nitrogens with zero attached hydrogens (tertiary/aromatic N) is 2. The van der Waals surface area contributed by atoms with E-state index in [1.54, 1.807) is 6.20 Å². The molecule has 2 aromatic rings. The van der Waals surface area contributed by atoms with Gasteiger partial charge in [-0.05, 0) is 55.0 Å². The lowest BCUT2D eigenvalue weighted by Crippen LogP contribution is -2.41. The van der Waals surface area contributed by atoms with Crippen LogP contribution >= 0.6 is 0 Å². The van der Waals surface area contributed by atoms with Gasteiger partial charge in [0.2, 0.25) is 0 Å². The van der Waals surface area contributed by atoms with Crippen LogP contribution < -0.4 is 4.74 Å². The third kappa shape index (κ3) is 5.07. The maximum Gasteiger partial charge on any atom is 0.307 e. The van der Waals surface area contributed by atoms with Gasteiger partial charge in [0, 0.05) is 25.8 Å². The lowest BCUT2D eigenvalue weighted by atomic mass is 9.90. The van der Waals surface area contributed by atoms with Crippen LogP contribution in [0.4, 0.5) is 0 Å². The first-order valence-corrected chi connectivity index (χ1v) is 9.50. The average Bonchev–Trinajstić information content (AvgIpc) is 2.61. The zero-order valence-corrected chi connectivity index (χ0v) is 16.3. The average molecular weight is 368 g/mol. The molecule has 2 atom stereocenters. The topological polar surface area (TPSA) is 62.7 Å². The van der Waals surface area contributed by atoms with Crippen LogP contribution in [0.2, 0.25) is 0 Å². The maximum absolute atomic E-state index is 11.4. The fourth-order valence-corrected chi connectivity index (χ4v) is 4.02. The monoisotopic (exact) mass is 368 g/mol. The molecule has 0 saturated carbocycles. The zero-order chi connectivity index (χ0) is 19.4. The van der Waals surface area contributed by atoms with E-state index in [1.807, 2.05) is 18.2 Å². The molecule has 0 amide bonds. The van der Waals surface area contributed by atoms with Crippen molar-refractivity contribution in [2.45, 2.75) is 40.3 Å². The van der Waals surface area contributed by atoms with E-state index in [0.717, 1.165) is 42.1 Å². The summed E-state index contributed by atoms with van der Waals surface area (Å²) < 4.78 is 6.01. The predicted molar refractivity (Wildman–Crippen MR) is 105 cm³/mol. The summed E-state index contributed by atoms with van der Waals surface area (Å²) in [6.45, 7) is 9.04. The van der Waals surface area contributed by atoms with Crippen molar-refractivity contribution >= 4 is 5.97 Å². The number of ether oxygens (including phenoxy) is 1. The minimum atomic E-state index is -0.683. The predicted octanol–water partition coefficient (Wildman–Crippen LogP) is 3.82. The molecule has 1 aromatic heterocycles. The van der Waals surface area contributed by atoms with Gasteiger partial charge in [-0.2, -0.15) is 0 Å². The van der Waals surface area contributed by atoms with Crippen molar-refractivity contribution in [3.05, 3.63) is 58.9 Å². The maximum atomic E-state index is 11.4.